The summed E-state index contributed by atoms with van der Waals surface area (Å²) in [5, 5.41) is 23.8. The van der Waals surface area contributed by atoms with Gasteiger partial charge in [-0.3, -0.25) is 0 Å². The van der Waals surface area contributed by atoms with Crippen molar-refractivity contribution in [2.75, 3.05) is 0 Å². The Hall–Kier alpha value is -12.3. The molecule has 12 heteroatoms. The van der Waals surface area contributed by atoms with Gasteiger partial charge >= 0.3 is 7.69 Å². The predicted molar refractivity (Wildman–Crippen MR) is 428 cm³/mol. The van der Waals surface area contributed by atoms with Gasteiger partial charge in [0.2, 0.25) is 0 Å². The molecule has 0 atom stereocenters. The van der Waals surface area contributed by atoms with Gasteiger partial charge in [0.15, 0.2) is 0 Å². The van der Waals surface area contributed by atoms with Crippen LogP contribution in [0.25, 0.3) is 209 Å². The summed E-state index contributed by atoms with van der Waals surface area (Å²) >= 11 is 7.06. The number of rotatable bonds is 7. The molecule has 1 radical (unpaired) electrons. The minimum Gasteiger partial charge on any atom is -0.537 e. The maximum absolute atomic E-state index is 8.78. The normalized spacial score (nSPS) is 11.8. The Morgan fingerprint density at radius 1 is 0.204 bits per heavy atom. The summed E-state index contributed by atoms with van der Waals surface area (Å²) in [4.78, 5) is 0. The highest BCUT2D eigenvalue weighted by Crippen LogP contribution is 2.44. The second kappa shape index (κ2) is 24.8. The number of benzene rings is 15. The zero-order valence-electron chi connectivity index (χ0n) is 53.8. The quantitative estimate of drug-likeness (QED) is 0.155. The van der Waals surface area contributed by atoms with Crippen LogP contribution in [-0.2, 0) is 0 Å². The van der Waals surface area contributed by atoms with Gasteiger partial charge in [0, 0.05) is 96.5 Å². The smallest absolute Gasteiger partial charge is 0.537 e. The van der Waals surface area contributed by atoms with E-state index in [1.54, 1.807) is 6.07 Å². The topological polar surface area (TPSA) is 121 Å². The Kier molecular flexibility index (Phi) is 14.9. The van der Waals surface area contributed by atoms with Crippen molar-refractivity contribution < 1.29 is 40.6 Å². The molecule has 0 saturated heterocycles. The number of furan rings is 7. The summed E-state index contributed by atoms with van der Waals surface area (Å²) < 4.78 is 50.3. The van der Waals surface area contributed by atoms with Crippen LogP contribution in [-0.4, -0.2) is 12.7 Å². The van der Waals surface area contributed by atoms with Gasteiger partial charge in [-0.25, -0.2) is 0 Å². The van der Waals surface area contributed by atoms with Gasteiger partial charge in [-0.2, -0.15) is 0 Å². The third-order valence-corrected chi connectivity index (χ3v) is 20.6. The molecule has 489 valence electrons. The molecule has 22 rings (SSSR count). The van der Waals surface area contributed by atoms with Crippen LogP contribution in [0.3, 0.4) is 0 Å². The molecule has 0 aliphatic rings. The summed E-state index contributed by atoms with van der Waals surface area (Å²) in [5.41, 5.74) is 23.4. The lowest BCUT2D eigenvalue weighted by Gasteiger charge is -2.04. The largest absolute Gasteiger partial charge is 0.569 e. The van der Waals surface area contributed by atoms with Crippen molar-refractivity contribution in [3.8, 4) is 61.4 Å². The molecule has 15 aromatic carbocycles. The van der Waals surface area contributed by atoms with Crippen molar-refractivity contribution in [3.63, 3.8) is 0 Å². The van der Waals surface area contributed by atoms with Gasteiger partial charge in [-0.15, -0.1) is 0 Å². The average Bonchev–Trinajstić information content (AvgIpc) is 1.59. The van der Waals surface area contributed by atoms with E-state index in [4.69, 9.17) is 40.6 Å². The maximum atomic E-state index is 8.78. The monoisotopic (exact) mass is 1460 g/mol. The molecule has 0 aliphatic heterocycles. The summed E-state index contributed by atoms with van der Waals surface area (Å²) in [6, 6.07) is 102. The van der Waals surface area contributed by atoms with Crippen LogP contribution in [0.2, 0.25) is 0 Å². The van der Waals surface area contributed by atoms with Crippen LogP contribution in [0.1, 0.15) is 7.43 Å². The second-order valence-corrected chi connectivity index (χ2v) is 27.5. The summed E-state index contributed by atoms with van der Waals surface area (Å²) in [5.74, 6) is 0.572. The molecule has 22 aromatic rings. The lowest BCUT2D eigenvalue weighted by molar-refractivity contribution is 0.454. The van der Waals surface area contributed by atoms with Gasteiger partial charge in [-0.1, -0.05) is 173 Å². The Morgan fingerprint density at radius 2 is 0.417 bits per heavy atom. The van der Waals surface area contributed by atoms with E-state index in [1.807, 2.05) is 84.9 Å². The Morgan fingerprint density at radius 3 is 0.689 bits per heavy atom. The van der Waals surface area contributed by atoms with E-state index >= 15 is 0 Å². The summed E-state index contributed by atoms with van der Waals surface area (Å²) in [6.07, 6.45) is 0. The van der Waals surface area contributed by atoms with Crippen LogP contribution in [0.5, 0.6) is 5.75 Å². The van der Waals surface area contributed by atoms with Crippen LogP contribution in [0, 0.1) is 0 Å². The van der Waals surface area contributed by atoms with E-state index in [0.29, 0.717) is 13.4 Å². The van der Waals surface area contributed by atoms with E-state index in [-0.39, 0.29) is 7.43 Å². The van der Waals surface area contributed by atoms with Gasteiger partial charge in [-0.05, 0) is 207 Å². The van der Waals surface area contributed by atoms with Crippen molar-refractivity contribution in [2.45, 2.75) is 7.43 Å². The maximum Gasteiger partial charge on any atom is 0.569 e. The molecule has 0 aliphatic carbocycles. The predicted octanol–water partition coefficient (Wildman–Crippen LogP) is 27.8. The number of halogens is 2. The SMILES string of the molecule is Brc1ccc2oc3cc4oc5ccc(Br)cc5c4cc3c2c1.C.O[B]Oc1ccc2oc3ccc(-c4ccccc4)cc3c2c1.c1ccc(-c2ccc3oc4ccc(-c5ccc6oc7cc8oc9ccc(-c%10ccc%11oc%12ccc(-c%13ccccc%13)cc%12c%11c%10)cc9c8cc7c6c5)cc4c3c2)cc1. The number of hydrogen-bond acceptors (Lipinski definition) is 9. The molecule has 1 N–H and O–H groups in total. The fourth-order valence-electron chi connectivity index (χ4n) is 14.6. The molecule has 9 nitrogen and oxygen atoms in total. The third-order valence-electron chi connectivity index (χ3n) is 19.6. The summed E-state index contributed by atoms with van der Waals surface area (Å²) in [7, 11) is 0.679. The molecule has 0 spiro atoms. The fourth-order valence-corrected chi connectivity index (χ4v) is 15.4. The first-order valence-corrected chi connectivity index (χ1v) is 34.9. The van der Waals surface area contributed by atoms with Crippen molar-refractivity contribution in [3.05, 3.63) is 306 Å². The second-order valence-electron chi connectivity index (χ2n) is 25.6. The van der Waals surface area contributed by atoms with E-state index in [2.05, 4.69) is 238 Å². The molecule has 7 aromatic heterocycles. The van der Waals surface area contributed by atoms with Crippen molar-refractivity contribution >= 4 is 193 Å². The zero-order chi connectivity index (χ0) is 67.7. The molecule has 0 bridgehead atoms. The molecular weight excluding hydrogens is 1410 g/mol. The minimum absolute atomic E-state index is 0. The third kappa shape index (κ3) is 10.8. The lowest BCUT2D eigenvalue weighted by Crippen LogP contribution is -1.98. The minimum atomic E-state index is 0. The van der Waals surface area contributed by atoms with Gasteiger partial charge in [0.1, 0.15) is 83.9 Å². The van der Waals surface area contributed by atoms with Gasteiger partial charge in [0.05, 0.1) is 0 Å². The van der Waals surface area contributed by atoms with E-state index < -0.39 is 0 Å². The number of hydrogen-bond donors (Lipinski definition) is 1. The molecule has 0 saturated carbocycles. The first-order valence-electron chi connectivity index (χ1n) is 33.4. The number of fused-ring (bicyclic) bond motifs is 21. The summed E-state index contributed by atoms with van der Waals surface area (Å²) in [6.45, 7) is 0. The molecule has 103 heavy (non-hydrogen) atoms. The average molecular weight is 1460 g/mol. The standard InChI is InChI=1S/C54H30O4.C18H12BO3.C18H8Br2O2.CH4/c1-3-7-31(8-4-1)33-11-17-47-39(23-33)41-25-35(13-19-49(41)55-47)37-15-21-51-43(27-37)45-29-46-44-28-38(16-22-52(44)58-54(46)30-53(45)57-51)36-14-20-50-42(26-36)40-24-34(12-18-48(40)56-50)32-9-5-2-6-10-32;20-19-22-14-7-9-18-16(11-14)15-10-13(6-8-17(15)21-18)12-4-2-1-3-5-12;19-9-1-3-15-11(5-9)13-7-14-12-6-10(20)2-4-16(12)22-18(14)8-17(13)21-15;/h1-30H;1-11,20H;1-8H;1H4. The van der Waals surface area contributed by atoms with Gasteiger partial charge < -0.3 is 40.6 Å². The lowest BCUT2D eigenvalue weighted by atomic mass is 9.98. The van der Waals surface area contributed by atoms with Crippen LogP contribution in [0.4, 0.5) is 0 Å². The van der Waals surface area contributed by atoms with Crippen LogP contribution < -0.4 is 4.65 Å². The highest BCUT2D eigenvalue weighted by Gasteiger charge is 2.20. The first kappa shape index (κ1) is 61.7. The Bertz CT molecular complexity index is 6780. The molecule has 0 fully saturated rings. The molecule has 0 unspecified atom stereocenters. The molecule has 0 amide bonds. The molecular formula is C91H54BBr2O9. The van der Waals surface area contributed by atoms with E-state index in [9.17, 15) is 0 Å². The van der Waals surface area contributed by atoms with Crippen molar-refractivity contribution in [1.82, 2.24) is 0 Å². The van der Waals surface area contributed by atoms with Crippen molar-refractivity contribution in [2.24, 2.45) is 0 Å². The fraction of sp³-hybridized carbons (Fsp3) is 0.0110. The first-order chi connectivity index (χ1) is 50.2. The highest BCUT2D eigenvalue weighted by molar-refractivity contribution is 9.10. The highest BCUT2D eigenvalue weighted by atomic mass is 79.9. The Balaban J connectivity index is 0.000000132. The van der Waals surface area contributed by atoms with Crippen LogP contribution >= 0.6 is 31.9 Å². The van der Waals surface area contributed by atoms with Crippen LogP contribution in [0.15, 0.2) is 337 Å². The molecule has 7 heterocycles. The van der Waals surface area contributed by atoms with Crippen molar-refractivity contribution in [1.29, 1.82) is 0 Å². The zero-order valence-corrected chi connectivity index (χ0v) is 57.0. The van der Waals surface area contributed by atoms with Gasteiger partial charge in [0.25, 0.3) is 0 Å². The Labute approximate surface area is 604 Å². The van der Waals surface area contributed by atoms with E-state index in [0.717, 1.165) is 196 Å². The van der Waals surface area contributed by atoms with E-state index in [1.165, 1.54) is 22.3 Å².